The molecule has 0 aliphatic heterocycles. The highest BCUT2D eigenvalue weighted by atomic mass is 32.2. The van der Waals surface area contributed by atoms with Crippen molar-refractivity contribution in [2.45, 2.75) is 36.5 Å². The lowest BCUT2D eigenvalue weighted by molar-refractivity contribution is -0.120. The van der Waals surface area contributed by atoms with Gasteiger partial charge in [0.05, 0.1) is 18.1 Å². The number of carbonyl (C=O) groups excluding carboxylic acids is 1. The van der Waals surface area contributed by atoms with Crippen molar-refractivity contribution in [1.82, 2.24) is 15.5 Å². The number of furan rings is 1. The minimum atomic E-state index is -0.244. The van der Waals surface area contributed by atoms with Gasteiger partial charge in [0.1, 0.15) is 5.76 Å². The molecule has 0 bridgehead atoms. The van der Waals surface area contributed by atoms with Gasteiger partial charge in [-0.1, -0.05) is 52.9 Å². The SMILES string of the molecule is Cc1ccc(CNC(=O)[C@H](C)Sc2nnc(NCc3ccco3)s2)cc1. The summed E-state index contributed by atoms with van der Waals surface area (Å²) in [5.41, 5.74) is 2.29. The molecule has 1 amide bonds. The van der Waals surface area contributed by atoms with Crippen LogP contribution in [0.5, 0.6) is 0 Å². The minimum absolute atomic E-state index is 0.0177. The highest BCUT2D eigenvalue weighted by Crippen LogP contribution is 2.29. The molecule has 0 unspecified atom stereocenters. The zero-order valence-corrected chi connectivity index (χ0v) is 16.2. The number of hydrogen-bond donors (Lipinski definition) is 2. The molecule has 0 fully saturated rings. The highest BCUT2D eigenvalue weighted by molar-refractivity contribution is 8.02. The van der Waals surface area contributed by atoms with E-state index in [-0.39, 0.29) is 11.2 Å². The molecule has 136 valence electrons. The molecule has 26 heavy (non-hydrogen) atoms. The molecule has 8 heteroatoms. The van der Waals surface area contributed by atoms with Crippen LogP contribution in [0, 0.1) is 6.92 Å². The Labute approximate surface area is 160 Å². The number of amides is 1. The van der Waals surface area contributed by atoms with E-state index in [1.165, 1.54) is 28.7 Å². The molecule has 0 saturated heterocycles. The van der Waals surface area contributed by atoms with Crippen molar-refractivity contribution in [3.8, 4) is 0 Å². The van der Waals surface area contributed by atoms with E-state index in [0.717, 1.165) is 15.7 Å². The predicted octanol–water partition coefficient (Wildman–Crippen LogP) is 3.85. The highest BCUT2D eigenvalue weighted by Gasteiger charge is 2.17. The zero-order valence-electron chi connectivity index (χ0n) is 14.6. The van der Waals surface area contributed by atoms with Gasteiger partial charge in [0.15, 0.2) is 4.34 Å². The molecule has 6 nitrogen and oxygen atoms in total. The summed E-state index contributed by atoms with van der Waals surface area (Å²) >= 11 is 2.83. The lowest BCUT2D eigenvalue weighted by atomic mass is 10.1. The van der Waals surface area contributed by atoms with Crippen LogP contribution in [-0.2, 0) is 17.9 Å². The van der Waals surface area contributed by atoms with Crippen LogP contribution in [-0.4, -0.2) is 21.4 Å². The Kier molecular flexibility index (Phi) is 6.30. The molecule has 0 spiro atoms. The van der Waals surface area contributed by atoms with E-state index in [4.69, 9.17) is 4.42 Å². The smallest absolute Gasteiger partial charge is 0.233 e. The van der Waals surface area contributed by atoms with E-state index >= 15 is 0 Å². The number of benzene rings is 1. The number of aromatic nitrogens is 2. The van der Waals surface area contributed by atoms with E-state index in [2.05, 4.69) is 20.8 Å². The molecule has 0 aliphatic rings. The number of hydrogen-bond acceptors (Lipinski definition) is 7. The summed E-state index contributed by atoms with van der Waals surface area (Å²) in [6.07, 6.45) is 1.63. The fourth-order valence-corrected chi connectivity index (χ4v) is 4.06. The molecule has 2 aromatic heterocycles. The summed E-state index contributed by atoms with van der Waals surface area (Å²) in [6.45, 7) is 4.99. The summed E-state index contributed by atoms with van der Waals surface area (Å²) in [5.74, 6) is 0.814. The molecule has 0 aliphatic carbocycles. The maximum absolute atomic E-state index is 12.3. The van der Waals surface area contributed by atoms with Crippen molar-refractivity contribution in [3.63, 3.8) is 0 Å². The maximum atomic E-state index is 12.3. The van der Waals surface area contributed by atoms with Crippen LogP contribution in [0.25, 0.3) is 0 Å². The van der Waals surface area contributed by atoms with Crippen molar-refractivity contribution in [2.75, 3.05) is 5.32 Å². The summed E-state index contributed by atoms with van der Waals surface area (Å²) in [4.78, 5) is 12.3. The summed E-state index contributed by atoms with van der Waals surface area (Å²) in [7, 11) is 0. The fourth-order valence-electron chi connectivity index (χ4n) is 2.15. The van der Waals surface area contributed by atoms with E-state index in [1.54, 1.807) is 6.26 Å². The van der Waals surface area contributed by atoms with Crippen molar-refractivity contribution in [3.05, 3.63) is 59.5 Å². The predicted molar refractivity (Wildman–Crippen MR) is 104 cm³/mol. The zero-order chi connectivity index (χ0) is 18.4. The second-order valence-corrected chi connectivity index (χ2v) is 8.33. The summed E-state index contributed by atoms with van der Waals surface area (Å²) in [6, 6.07) is 11.9. The second-order valence-electron chi connectivity index (χ2n) is 5.77. The van der Waals surface area contributed by atoms with Crippen molar-refractivity contribution < 1.29 is 9.21 Å². The third-order valence-corrected chi connectivity index (χ3v) is 5.70. The van der Waals surface area contributed by atoms with Crippen LogP contribution in [0.2, 0.25) is 0 Å². The normalized spacial score (nSPS) is 11.9. The van der Waals surface area contributed by atoms with Crippen LogP contribution in [0.4, 0.5) is 5.13 Å². The topological polar surface area (TPSA) is 80.0 Å². The third kappa shape index (κ3) is 5.34. The standard InChI is InChI=1S/C18H20N4O2S2/c1-12-5-7-14(8-6-12)10-19-16(23)13(2)25-18-22-21-17(26-18)20-11-15-4-3-9-24-15/h3-9,13H,10-11H2,1-2H3,(H,19,23)(H,20,21)/t13-/m0/s1. The Balaban J connectivity index is 1.45. The Hall–Kier alpha value is -2.32. The Morgan fingerprint density at radius 2 is 2.04 bits per heavy atom. The van der Waals surface area contributed by atoms with Gasteiger partial charge >= 0.3 is 0 Å². The number of nitrogens with zero attached hydrogens (tertiary/aromatic N) is 2. The van der Waals surface area contributed by atoms with Gasteiger partial charge in [0.2, 0.25) is 11.0 Å². The number of aryl methyl sites for hydroxylation is 1. The van der Waals surface area contributed by atoms with Crippen molar-refractivity contribution in [2.24, 2.45) is 0 Å². The largest absolute Gasteiger partial charge is 0.467 e. The lowest BCUT2D eigenvalue weighted by Crippen LogP contribution is -2.30. The van der Waals surface area contributed by atoms with Gasteiger partial charge in [-0.05, 0) is 31.5 Å². The van der Waals surface area contributed by atoms with Crippen molar-refractivity contribution in [1.29, 1.82) is 0 Å². The van der Waals surface area contributed by atoms with E-state index < -0.39 is 0 Å². The second kappa shape index (κ2) is 8.86. The number of nitrogens with one attached hydrogen (secondary N) is 2. The first-order chi connectivity index (χ1) is 12.6. The summed E-state index contributed by atoms with van der Waals surface area (Å²) < 4.78 is 6.02. The molecule has 3 aromatic rings. The molecular weight excluding hydrogens is 368 g/mol. The van der Waals surface area contributed by atoms with E-state index in [9.17, 15) is 4.79 Å². The molecular formula is C18H20N4O2S2. The first-order valence-corrected chi connectivity index (χ1v) is 9.89. The molecule has 1 aromatic carbocycles. The molecule has 1 atom stereocenters. The van der Waals surface area contributed by atoms with Crippen LogP contribution >= 0.6 is 23.1 Å². The van der Waals surface area contributed by atoms with Crippen LogP contribution in [0.15, 0.2) is 51.4 Å². The Morgan fingerprint density at radius 3 is 2.77 bits per heavy atom. The van der Waals surface area contributed by atoms with Gasteiger partial charge in [0, 0.05) is 6.54 Å². The van der Waals surface area contributed by atoms with Crippen LogP contribution in [0.3, 0.4) is 0 Å². The maximum Gasteiger partial charge on any atom is 0.233 e. The van der Waals surface area contributed by atoms with Gasteiger partial charge in [-0.15, -0.1) is 10.2 Å². The molecule has 2 heterocycles. The Morgan fingerprint density at radius 1 is 1.23 bits per heavy atom. The first-order valence-electron chi connectivity index (χ1n) is 8.20. The third-order valence-electron chi connectivity index (χ3n) is 3.63. The van der Waals surface area contributed by atoms with Crippen molar-refractivity contribution >= 4 is 34.1 Å². The van der Waals surface area contributed by atoms with Crippen LogP contribution in [0.1, 0.15) is 23.8 Å². The number of carbonyl (C=O) groups is 1. The van der Waals surface area contributed by atoms with Gasteiger partial charge in [-0.2, -0.15) is 0 Å². The molecule has 0 radical (unpaired) electrons. The summed E-state index contributed by atoms with van der Waals surface area (Å²) in [5, 5.41) is 14.8. The Bertz CT molecular complexity index is 831. The fraction of sp³-hybridized carbons (Fsp3) is 0.278. The van der Waals surface area contributed by atoms with Gasteiger partial charge in [-0.25, -0.2) is 0 Å². The number of rotatable bonds is 8. The van der Waals surface area contributed by atoms with Crippen LogP contribution < -0.4 is 10.6 Å². The van der Waals surface area contributed by atoms with Gasteiger partial charge < -0.3 is 15.1 Å². The number of anilines is 1. The molecule has 2 N–H and O–H groups in total. The van der Waals surface area contributed by atoms with Gasteiger partial charge in [-0.3, -0.25) is 4.79 Å². The van der Waals surface area contributed by atoms with Gasteiger partial charge in [0.25, 0.3) is 0 Å². The molecule has 0 saturated carbocycles. The monoisotopic (exact) mass is 388 g/mol. The minimum Gasteiger partial charge on any atom is -0.467 e. The number of thioether (sulfide) groups is 1. The molecule has 3 rings (SSSR count). The van der Waals surface area contributed by atoms with E-state index in [1.807, 2.05) is 50.2 Å². The van der Waals surface area contributed by atoms with E-state index in [0.29, 0.717) is 18.2 Å². The quantitative estimate of drug-likeness (QED) is 0.571. The first kappa shape index (κ1) is 18.5. The average molecular weight is 389 g/mol. The average Bonchev–Trinajstić information content (AvgIpc) is 3.31. The lowest BCUT2D eigenvalue weighted by Gasteiger charge is -2.10.